The van der Waals surface area contributed by atoms with Crippen LogP contribution in [0, 0.1) is 12.7 Å². The number of carbonyl (C=O) groups is 1. The molecule has 0 atom stereocenters. The second kappa shape index (κ2) is 11.0. The van der Waals surface area contributed by atoms with Gasteiger partial charge < -0.3 is 20.7 Å². The Bertz CT molecular complexity index is 1550. The van der Waals surface area contributed by atoms with Crippen LogP contribution < -0.4 is 20.7 Å². The fraction of sp³-hybridized carbons (Fsp3) is 0.321. The van der Waals surface area contributed by atoms with Crippen LogP contribution in [-0.2, 0) is 0 Å². The molecule has 1 amide bonds. The van der Waals surface area contributed by atoms with Crippen LogP contribution in [0.5, 0.6) is 5.75 Å². The number of aryl methyl sites for hydroxylation is 1. The molecule has 1 fully saturated rings. The number of imidazole rings is 1. The van der Waals surface area contributed by atoms with Crippen molar-refractivity contribution in [2.75, 3.05) is 24.3 Å². The number of nitrogens with one attached hydrogen (secondary N) is 3. The Hall–Kier alpha value is -4.35. The van der Waals surface area contributed by atoms with Crippen molar-refractivity contribution < 1.29 is 27.1 Å². The largest absolute Gasteiger partial charge is 0.494 e. The Morgan fingerprint density at radius 3 is 2.62 bits per heavy atom. The van der Waals surface area contributed by atoms with E-state index in [1.807, 2.05) is 13.0 Å². The van der Waals surface area contributed by atoms with Gasteiger partial charge in [0.15, 0.2) is 11.5 Å². The number of hydrogen-bond donors (Lipinski definition) is 3. The van der Waals surface area contributed by atoms with Crippen LogP contribution in [0.4, 0.5) is 34.8 Å². The third kappa shape index (κ3) is 6.27. The van der Waals surface area contributed by atoms with E-state index in [1.54, 1.807) is 28.9 Å². The Labute approximate surface area is 227 Å². The molecule has 4 aromatic rings. The van der Waals surface area contributed by atoms with Gasteiger partial charge in [-0.25, -0.2) is 13.9 Å². The van der Waals surface area contributed by atoms with Crippen molar-refractivity contribution in [3.63, 3.8) is 0 Å². The summed E-state index contributed by atoms with van der Waals surface area (Å²) in [6.07, 6.45) is -1.69. The number of anilines is 3. The Morgan fingerprint density at radius 2 is 1.93 bits per heavy atom. The van der Waals surface area contributed by atoms with Gasteiger partial charge in [0.1, 0.15) is 11.6 Å². The molecule has 1 saturated carbocycles. The lowest BCUT2D eigenvalue weighted by molar-refractivity contribution is -0.134. The van der Waals surface area contributed by atoms with E-state index in [4.69, 9.17) is 4.74 Å². The maximum Gasteiger partial charge on any atom is 0.389 e. The smallest absolute Gasteiger partial charge is 0.389 e. The molecule has 40 heavy (non-hydrogen) atoms. The minimum atomic E-state index is -4.25. The summed E-state index contributed by atoms with van der Waals surface area (Å²) < 4.78 is 58.6. The quantitative estimate of drug-likeness (QED) is 0.158. The fourth-order valence-corrected chi connectivity index (χ4v) is 4.34. The third-order valence-corrected chi connectivity index (χ3v) is 6.53. The second-order valence-electron chi connectivity index (χ2n) is 9.71. The van der Waals surface area contributed by atoms with Crippen molar-refractivity contribution in [3.05, 3.63) is 65.6 Å². The number of benzene rings is 2. The van der Waals surface area contributed by atoms with Gasteiger partial charge in [0.25, 0.3) is 5.91 Å². The molecule has 12 heteroatoms. The monoisotopic (exact) mass is 556 g/mol. The highest BCUT2D eigenvalue weighted by molar-refractivity contribution is 5.96. The van der Waals surface area contributed by atoms with E-state index >= 15 is 0 Å². The van der Waals surface area contributed by atoms with E-state index in [-0.39, 0.29) is 30.7 Å². The normalized spacial score (nSPS) is 13.3. The van der Waals surface area contributed by atoms with Gasteiger partial charge in [-0.15, -0.1) is 5.10 Å². The van der Waals surface area contributed by atoms with Crippen molar-refractivity contribution in [2.45, 2.75) is 44.8 Å². The highest BCUT2D eigenvalue weighted by Gasteiger charge is 2.26. The molecule has 210 valence electrons. The molecule has 0 bridgehead atoms. The van der Waals surface area contributed by atoms with E-state index in [2.05, 4.69) is 26.0 Å². The molecule has 2 heterocycles. The summed E-state index contributed by atoms with van der Waals surface area (Å²) >= 11 is 0. The molecular formula is C28H28F4N6O2. The average Bonchev–Trinajstić information content (AvgIpc) is 3.61. The fourth-order valence-electron chi connectivity index (χ4n) is 4.34. The molecule has 0 radical (unpaired) electrons. The van der Waals surface area contributed by atoms with Gasteiger partial charge in [-0.3, -0.25) is 4.79 Å². The first-order chi connectivity index (χ1) is 19.1. The molecule has 0 unspecified atom stereocenters. The number of aromatic nitrogens is 3. The van der Waals surface area contributed by atoms with Crippen molar-refractivity contribution in [2.24, 2.45) is 0 Å². The number of hydrogen-bond acceptors (Lipinski definition) is 6. The summed E-state index contributed by atoms with van der Waals surface area (Å²) in [6.45, 7) is 1.91. The Kier molecular flexibility index (Phi) is 7.51. The van der Waals surface area contributed by atoms with Crippen molar-refractivity contribution in [1.29, 1.82) is 0 Å². The molecule has 1 aliphatic rings. The standard InChI is InChI=1S/C28H28F4N6O2/c1-16-12-17(4-8-20(16)27(39)35-19-6-7-19)23-15-34-26-22(33-11-3-10-28(30,31)32)14-25(37-38(23)26)36-21-9-5-18(29)13-24(21)40-2/h4-5,8-9,12-15,19,33H,3,6-7,10-11H2,1-2H3,(H,35,39)(H,36,37). The predicted octanol–water partition coefficient (Wildman–Crippen LogP) is 6.24. The minimum absolute atomic E-state index is 0.0601. The van der Waals surface area contributed by atoms with E-state index in [0.717, 1.165) is 24.0 Å². The molecule has 8 nitrogen and oxygen atoms in total. The lowest BCUT2D eigenvalue weighted by Crippen LogP contribution is -2.26. The van der Waals surface area contributed by atoms with E-state index in [9.17, 15) is 22.4 Å². The van der Waals surface area contributed by atoms with Gasteiger partial charge in [0, 0.05) is 42.3 Å². The Morgan fingerprint density at radius 1 is 1.12 bits per heavy atom. The van der Waals surface area contributed by atoms with E-state index in [1.165, 1.54) is 25.3 Å². The molecule has 5 rings (SSSR count). The highest BCUT2D eigenvalue weighted by Crippen LogP contribution is 2.32. The lowest BCUT2D eigenvalue weighted by Gasteiger charge is -2.14. The van der Waals surface area contributed by atoms with Gasteiger partial charge in [-0.1, -0.05) is 6.07 Å². The van der Waals surface area contributed by atoms with Gasteiger partial charge in [-0.05, 0) is 56.0 Å². The van der Waals surface area contributed by atoms with Crippen LogP contribution >= 0.6 is 0 Å². The number of halogens is 4. The molecule has 0 saturated heterocycles. The Balaban J connectivity index is 1.50. The van der Waals surface area contributed by atoms with Gasteiger partial charge in [0.2, 0.25) is 0 Å². The topological polar surface area (TPSA) is 92.6 Å². The number of amides is 1. The molecule has 3 N–H and O–H groups in total. The summed E-state index contributed by atoms with van der Waals surface area (Å²) in [6, 6.07) is 11.3. The minimum Gasteiger partial charge on any atom is -0.494 e. The first kappa shape index (κ1) is 27.2. The van der Waals surface area contributed by atoms with Crippen LogP contribution in [0.15, 0.2) is 48.7 Å². The number of methoxy groups -OCH3 is 1. The maximum atomic E-state index is 13.7. The number of alkyl halides is 3. The molecular weight excluding hydrogens is 528 g/mol. The maximum absolute atomic E-state index is 13.7. The SMILES string of the molecule is COc1cc(F)ccc1Nc1cc(NCCCC(F)(F)F)c2ncc(-c3ccc(C(=O)NC4CC4)c(C)c3)n2n1. The van der Waals surface area contributed by atoms with Crippen LogP contribution in [0.3, 0.4) is 0 Å². The average molecular weight is 557 g/mol. The first-order valence-electron chi connectivity index (χ1n) is 12.8. The van der Waals surface area contributed by atoms with E-state index in [0.29, 0.717) is 34.1 Å². The lowest BCUT2D eigenvalue weighted by atomic mass is 10.0. The molecule has 2 aromatic heterocycles. The second-order valence-corrected chi connectivity index (χ2v) is 9.71. The van der Waals surface area contributed by atoms with E-state index < -0.39 is 18.4 Å². The number of rotatable bonds is 10. The highest BCUT2D eigenvalue weighted by atomic mass is 19.4. The van der Waals surface area contributed by atoms with Crippen LogP contribution in [0.1, 0.15) is 41.6 Å². The van der Waals surface area contributed by atoms with Crippen molar-refractivity contribution in [1.82, 2.24) is 19.9 Å². The van der Waals surface area contributed by atoms with Crippen molar-refractivity contribution in [3.8, 4) is 17.0 Å². The zero-order valence-electron chi connectivity index (χ0n) is 21.9. The number of ether oxygens (including phenoxy) is 1. The summed E-state index contributed by atoms with van der Waals surface area (Å²) in [5, 5.41) is 13.8. The van der Waals surface area contributed by atoms with Crippen LogP contribution in [0.25, 0.3) is 16.9 Å². The van der Waals surface area contributed by atoms with Gasteiger partial charge in [0.05, 0.1) is 30.4 Å². The van der Waals surface area contributed by atoms with Gasteiger partial charge >= 0.3 is 6.18 Å². The van der Waals surface area contributed by atoms with Gasteiger partial charge in [-0.2, -0.15) is 13.2 Å². The van der Waals surface area contributed by atoms with Crippen molar-refractivity contribution >= 4 is 28.7 Å². The summed E-state index contributed by atoms with van der Waals surface area (Å²) in [5.41, 5.74) is 4.04. The van der Waals surface area contributed by atoms with Crippen LogP contribution in [0.2, 0.25) is 0 Å². The molecule has 1 aliphatic carbocycles. The summed E-state index contributed by atoms with van der Waals surface area (Å²) in [5.74, 6) is -0.0116. The first-order valence-corrected chi connectivity index (χ1v) is 12.8. The molecule has 0 aliphatic heterocycles. The summed E-state index contributed by atoms with van der Waals surface area (Å²) in [4.78, 5) is 17.1. The predicted molar refractivity (Wildman–Crippen MR) is 144 cm³/mol. The third-order valence-electron chi connectivity index (χ3n) is 6.53. The summed E-state index contributed by atoms with van der Waals surface area (Å²) in [7, 11) is 1.41. The molecule has 0 spiro atoms. The number of nitrogens with zero attached hydrogens (tertiary/aromatic N) is 3. The van der Waals surface area contributed by atoms with Crippen LogP contribution in [-0.4, -0.2) is 46.4 Å². The number of fused-ring (bicyclic) bond motifs is 1. The zero-order valence-corrected chi connectivity index (χ0v) is 21.9. The molecule has 2 aromatic carbocycles. The number of carbonyl (C=O) groups excluding carboxylic acids is 1. The zero-order chi connectivity index (χ0) is 28.4.